The molecule has 1 N–H and O–H groups in total. The molecule has 0 spiro atoms. The molecule has 1 rings (SSSR count). The maximum atomic E-state index is 10.4. The van der Waals surface area contributed by atoms with Crippen LogP contribution in [0, 0.1) is 5.41 Å². The van der Waals surface area contributed by atoms with E-state index in [1.807, 2.05) is 0 Å². The second-order valence-electron chi connectivity index (χ2n) is 4.87. The molecule has 72 valence electrons. The Morgan fingerprint density at radius 3 is 2.33 bits per heavy atom. The molecule has 1 aliphatic rings. The van der Waals surface area contributed by atoms with Crippen LogP contribution in [0.3, 0.4) is 0 Å². The van der Waals surface area contributed by atoms with Crippen molar-refractivity contribution in [2.45, 2.75) is 64.9 Å². The van der Waals surface area contributed by atoms with Crippen molar-refractivity contribution >= 4 is 0 Å². The van der Waals surface area contributed by atoms with Crippen LogP contribution in [-0.4, -0.2) is 10.7 Å². The van der Waals surface area contributed by atoms with Gasteiger partial charge in [0.2, 0.25) is 0 Å². The summed E-state index contributed by atoms with van der Waals surface area (Å²) in [7, 11) is 0. The highest BCUT2D eigenvalue weighted by Crippen LogP contribution is 2.48. The first kappa shape index (κ1) is 10.0. The van der Waals surface area contributed by atoms with Crippen molar-refractivity contribution in [3.8, 4) is 0 Å². The van der Waals surface area contributed by atoms with Crippen molar-refractivity contribution in [1.29, 1.82) is 0 Å². The largest absolute Gasteiger partial charge is 0.389 e. The lowest BCUT2D eigenvalue weighted by molar-refractivity contribution is -0.0508. The Bertz CT molecular complexity index is 151. The van der Waals surface area contributed by atoms with E-state index in [9.17, 15) is 5.11 Å². The van der Waals surface area contributed by atoms with Gasteiger partial charge in [0.25, 0.3) is 0 Å². The molecule has 0 saturated heterocycles. The molecule has 1 saturated carbocycles. The average Bonchev–Trinajstić information content (AvgIpc) is 2.24. The number of hydrogen-bond acceptors (Lipinski definition) is 1. The zero-order valence-electron chi connectivity index (χ0n) is 8.69. The molecule has 1 aliphatic carbocycles. The first-order valence-corrected chi connectivity index (χ1v) is 5.24. The number of hydrogen-bond donors (Lipinski definition) is 1. The van der Waals surface area contributed by atoms with Gasteiger partial charge in [-0.15, -0.1) is 0 Å². The van der Waals surface area contributed by atoms with Crippen molar-refractivity contribution in [2.75, 3.05) is 0 Å². The summed E-state index contributed by atoms with van der Waals surface area (Å²) >= 11 is 0. The van der Waals surface area contributed by atoms with Crippen molar-refractivity contribution in [3.05, 3.63) is 0 Å². The van der Waals surface area contributed by atoms with E-state index < -0.39 is 0 Å². The van der Waals surface area contributed by atoms with Crippen LogP contribution in [0.1, 0.15) is 59.3 Å². The summed E-state index contributed by atoms with van der Waals surface area (Å²) in [6.07, 6.45) is 6.76. The topological polar surface area (TPSA) is 20.2 Å². The van der Waals surface area contributed by atoms with Crippen LogP contribution < -0.4 is 0 Å². The highest BCUT2D eigenvalue weighted by Gasteiger charge is 2.46. The predicted octanol–water partition coefficient (Wildman–Crippen LogP) is 3.12. The van der Waals surface area contributed by atoms with Gasteiger partial charge in [0.05, 0.1) is 5.60 Å². The van der Waals surface area contributed by atoms with Crippen molar-refractivity contribution in [3.63, 3.8) is 0 Å². The van der Waals surface area contributed by atoms with E-state index in [1.165, 1.54) is 25.7 Å². The van der Waals surface area contributed by atoms with Crippen molar-refractivity contribution in [1.82, 2.24) is 0 Å². The Morgan fingerprint density at radius 1 is 1.25 bits per heavy atom. The van der Waals surface area contributed by atoms with Crippen LogP contribution in [0.2, 0.25) is 0 Å². The van der Waals surface area contributed by atoms with Gasteiger partial charge < -0.3 is 5.11 Å². The van der Waals surface area contributed by atoms with Gasteiger partial charge in [-0.2, -0.15) is 0 Å². The molecule has 12 heavy (non-hydrogen) atoms. The Morgan fingerprint density at radius 2 is 1.92 bits per heavy atom. The van der Waals surface area contributed by atoms with E-state index in [0.717, 1.165) is 12.8 Å². The van der Waals surface area contributed by atoms with E-state index in [-0.39, 0.29) is 11.0 Å². The molecule has 1 fully saturated rings. The normalized spacial score (nSPS) is 34.0. The fraction of sp³-hybridized carbons (Fsp3) is 1.00. The fourth-order valence-corrected chi connectivity index (χ4v) is 2.33. The lowest BCUT2D eigenvalue weighted by atomic mass is 9.75. The van der Waals surface area contributed by atoms with Crippen molar-refractivity contribution in [2.24, 2.45) is 5.41 Å². The Kier molecular flexibility index (Phi) is 2.82. The quantitative estimate of drug-likeness (QED) is 0.690. The number of rotatable bonds is 3. The van der Waals surface area contributed by atoms with Gasteiger partial charge in [0.1, 0.15) is 0 Å². The highest BCUT2D eigenvalue weighted by atomic mass is 16.3. The van der Waals surface area contributed by atoms with Gasteiger partial charge in [0.15, 0.2) is 0 Å². The monoisotopic (exact) mass is 170 g/mol. The zero-order valence-corrected chi connectivity index (χ0v) is 8.69. The third-order valence-electron chi connectivity index (χ3n) is 3.60. The summed E-state index contributed by atoms with van der Waals surface area (Å²) < 4.78 is 0. The van der Waals surface area contributed by atoms with Crippen LogP contribution >= 0.6 is 0 Å². The maximum Gasteiger partial charge on any atom is 0.0698 e. The summed E-state index contributed by atoms with van der Waals surface area (Å²) in [5, 5.41) is 10.4. The fourth-order valence-electron chi connectivity index (χ4n) is 2.33. The summed E-state index contributed by atoms with van der Waals surface area (Å²) in [4.78, 5) is 0. The Balaban J connectivity index is 2.56. The third-order valence-corrected chi connectivity index (χ3v) is 3.60. The molecule has 0 aromatic carbocycles. The second kappa shape index (κ2) is 3.37. The van der Waals surface area contributed by atoms with Crippen LogP contribution in [-0.2, 0) is 0 Å². The highest BCUT2D eigenvalue weighted by molar-refractivity contribution is 4.98. The van der Waals surface area contributed by atoms with E-state index >= 15 is 0 Å². The van der Waals surface area contributed by atoms with Crippen LogP contribution in [0.15, 0.2) is 0 Å². The molecule has 0 bridgehead atoms. The minimum atomic E-state index is -0.358. The minimum absolute atomic E-state index is 0.155. The lowest BCUT2D eigenvalue weighted by Gasteiger charge is -2.36. The molecular formula is C11H22O. The molecule has 1 heteroatoms. The maximum absolute atomic E-state index is 10.4. The number of unbranched alkanes of at least 4 members (excludes halogenated alkanes) is 1. The van der Waals surface area contributed by atoms with Gasteiger partial charge in [-0.05, 0) is 31.1 Å². The number of aliphatic hydroxyl groups is 1. The van der Waals surface area contributed by atoms with Crippen LogP contribution in [0.25, 0.3) is 0 Å². The predicted molar refractivity (Wildman–Crippen MR) is 52.1 cm³/mol. The molecule has 0 aromatic heterocycles. The molecule has 0 amide bonds. The molecular weight excluding hydrogens is 148 g/mol. The molecule has 0 aliphatic heterocycles. The summed E-state index contributed by atoms with van der Waals surface area (Å²) in [6.45, 7) is 6.59. The molecule has 0 aromatic rings. The zero-order chi connectivity index (χ0) is 9.24. The van der Waals surface area contributed by atoms with Crippen LogP contribution in [0.5, 0.6) is 0 Å². The van der Waals surface area contributed by atoms with E-state index in [0.29, 0.717) is 0 Å². The SMILES string of the molecule is CCCCC1(O)CCCC1(C)C. The smallest absolute Gasteiger partial charge is 0.0698 e. The van der Waals surface area contributed by atoms with Gasteiger partial charge in [-0.25, -0.2) is 0 Å². The van der Waals surface area contributed by atoms with E-state index in [4.69, 9.17) is 0 Å². The van der Waals surface area contributed by atoms with Gasteiger partial charge in [-0.3, -0.25) is 0 Å². The summed E-state index contributed by atoms with van der Waals surface area (Å²) in [5.74, 6) is 0. The van der Waals surface area contributed by atoms with Gasteiger partial charge in [-0.1, -0.05) is 33.6 Å². The summed E-state index contributed by atoms with van der Waals surface area (Å²) in [6, 6.07) is 0. The van der Waals surface area contributed by atoms with E-state index in [1.54, 1.807) is 0 Å². The Labute approximate surface area is 76.2 Å². The molecule has 0 heterocycles. The van der Waals surface area contributed by atoms with Crippen LogP contribution in [0.4, 0.5) is 0 Å². The average molecular weight is 170 g/mol. The lowest BCUT2D eigenvalue weighted by Crippen LogP contribution is -2.39. The first-order valence-electron chi connectivity index (χ1n) is 5.24. The molecule has 1 nitrogen and oxygen atoms in total. The standard InChI is InChI=1S/C11H22O/c1-4-5-8-11(12)9-6-7-10(11,2)3/h12H,4-9H2,1-3H3. The van der Waals surface area contributed by atoms with Gasteiger partial charge >= 0.3 is 0 Å². The molecule has 1 atom stereocenters. The second-order valence-corrected chi connectivity index (χ2v) is 4.87. The molecule has 0 radical (unpaired) electrons. The molecule has 1 unspecified atom stereocenters. The third kappa shape index (κ3) is 1.66. The first-order chi connectivity index (χ1) is 5.52. The Hall–Kier alpha value is -0.0400. The van der Waals surface area contributed by atoms with E-state index in [2.05, 4.69) is 20.8 Å². The minimum Gasteiger partial charge on any atom is -0.389 e. The summed E-state index contributed by atoms with van der Waals surface area (Å²) in [5.41, 5.74) is -0.203. The van der Waals surface area contributed by atoms with Crippen molar-refractivity contribution < 1.29 is 5.11 Å². The van der Waals surface area contributed by atoms with Gasteiger partial charge in [0, 0.05) is 0 Å².